The van der Waals surface area contributed by atoms with Crippen LogP contribution in [0, 0.1) is 6.92 Å². The Hall–Kier alpha value is -1.11. The molecule has 0 aliphatic heterocycles. The molecule has 0 amide bonds. The first-order valence-corrected chi connectivity index (χ1v) is 7.40. The lowest BCUT2D eigenvalue weighted by Crippen LogP contribution is -2.33. The molecule has 1 aromatic rings. The summed E-state index contributed by atoms with van der Waals surface area (Å²) in [6.45, 7) is 5.69. The summed E-state index contributed by atoms with van der Waals surface area (Å²) in [5, 5.41) is 0. The van der Waals surface area contributed by atoms with Crippen LogP contribution in [0.5, 0.6) is 0 Å². The van der Waals surface area contributed by atoms with Crippen molar-refractivity contribution in [3.63, 3.8) is 0 Å². The second-order valence-corrected chi connectivity index (χ2v) is 5.99. The third kappa shape index (κ3) is 3.69. The molecule has 102 valence electrons. The van der Waals surface area contributed by atoms with E-state index in [2.05, 4.69) is 4.72 Å². The SMILES string of the molecule is CCN(C)CCNS(=O)(=O)c1c(C)cccc1N. The maximum atomic E-state index is 12.1. The molecule has 0 aliphatic rings. The molecule has 1 rings (SSSR count). The van der Waals surface area contributed by atoms with Gasteiger partial charge in [-0.1, -0.05) is 19.1 Å². The van der Waals surface area contributed by atoms with Gasteiger partial charge in [0.15, 0.2) is 0 Å². The Morgan fingerprint density at radius 2 is 2.06 bits per heavy atom. The van der Waals surface area contributed by atoms with Crippen LogP contribution in [0.25, 0.3) is 0 Å². The number of nitrogens with zero attached hydrogens (tertiary/aromatic N) is 1. The molecule has 0 heterocycles. The zero-order valence-corrected chi connectivity index (χ0v) is 11.9. The van der Waals surface area contributed by atoms with Crippen LogP contribution in [0.15, 0.2) is 23.1 Å². The number of sulfonamides is 1. The lowest BCUT2D eigenvalue weighted by Gasteiger charge is -2.15. The standard InChI is InChI=1S/C12H21N3O2S/c1-4-15(3)9-8-14-18(16,17)12-10(2)6-5-7-11(12)13/h5-7,14H,4,8-9,13H2,1-3H3. The molecular formula is C12H21N3O2S. The van der Waals surface area contributed by atoms with Gasteiger partial charge in [-0.15, -0.1) is 0 Å². The number of nitrogens with one attached hydrogen (secondary N) is 1. The number of nitrogen functional groups attached to an aromatic ring is 1. The van der Waals surface area contributed by atoms with Gasteiger partial charge in [0.05, 0.1) is 5.69 Å². The molecule has 0 aromatic heterocycles. The Balaban J connectivity index is 2.81. The first-order valence-electron chi connectivity index (χ1n) is 5.91. The van der Waals surface area contributed by atoms with Crippen LogP contribution in [-0.2, 0) is 10.0 Å². The highest BCUT2D eigenvalue weighted by Crippen LogP contribution is 2.21. The highest BCUT2D eigenvalue weighted by molar-refractivity contribution is 7.89. The molecule has 0 bridgehead atoms. The molecular weight excluding hydrogens is 250 g/mol. The third-order valence-electron chi connectivity index (χ3n) is 2.84. The molecule has 5 nitrogen and oxygen atoms in total. The number of benzene rings is 1. The summed E-state index contributed by atoms with van der Waals surface area (Å²) in [5.74, 6) is 0. The average molecular weight is 271 g/mol. The van der Waals surface area contributed by atoms with E-state index in [1.165, 1.54) is 0 Å². The molecule has 0 saturated heterocycles. The molecule has 0 saturated carbocycles. The summed E-state index contributed by atoms with van der Waals surface area (Å²) >= 11 is 0. The van der Waals surface area contributed by atoms with Crippen LogP contribution in [0.2, 0.25) is 0 Å². The predicted octanol–water partition coefficient (Wildman–Crippen LogP) is 0.807. The van der Waals surface area contributed by atoms with Crippen LogP contribution in [0.4, 0.5) is 5.69 Å². The van der Waals surface area contributed by atoms with Gasteiger partial charge < -0.3 is 10.6 Å². The minimum absolute atomic E-state index is 0.184. The Bertz CT molecular complexity index is 480. The quantitative estimate of drug-likeness (QED) is 0.751. The Morgan fingerprint density at radius 1 is 1.39 bits per heavy atom. The van der Waals surface area contributed by atoms with E-state index in [1.54, 1.807) is 25.1 Å². The first kappa shape index (κ1) is 14.9. The maximum absolute atomic E-state index is 12.1. The Morgan fingerprint density at radius 3 is 2.61 bits per heavy atom. The van der Waals surface area contributed by atoms with Gasteiger partial charge in [0.1, 0.15) is 4.90 Å². The molecule has 0 fully saturated rings. The minimum Gasteiger partial charge on any atom is -0.398 e. The summed E-state index contributed by atoms with van der Waals surface area (Å²) < 4.78 is 26.8. The van der Waals surface area contributed by atoms with Gasteiger partial charge in [-0.05, 0) is 32.1 Å². The number of rotatable bonds is 6. The molecule has 0 atom stereocenters. The van der Waals surface area contributed by atoms with E-state index < -0.39 is 10.0 Å². The largest absolute Gasteiger partial charge is 0.398 e. The fourth-order valence-electron chi connectivity index (χ4n) is 1.64. The summed E-state index contributed by atoms with van der Waals surface area (Å²) in [5.41, 5.74) is 6.68. The van der Waals surface area contributed by atoms with Crippen molar-refractivity contribution in [3.8, 4) is 0 Å². The van der Waals surface area contributed by atoms with Gasteiger partial charge in [-0.25, -0.2) is 13.1 Å². The van der Waals surface area contributed by atoms with E-state index in [9.17, 15) is 8.42 Å². The summed E-state index contributed by atoms with van der Waals surface area (Å²) in [7, 11) is -1.59. The van der Waals surface area contributed by atoms with Crippen molar-refractivity contribution in [1.82, 2.24) is 9.62 Å². The van der Waals surface area contributed by atoms with Crippen LogP contribution in [0.3, 0.4) is 0 Å². The lowest BCUT2D eigenvalue weighted by atomic mass is 10.2. The van der Waals surface area contributed by atoms with Gasteiger partial charge in [0, 0.05) is 13.1 Å². The first-order chi connectivity index (χ1) is 8.38. The maximum Gasteiger partial charge on any atom is 0.242 e. The normalized spacial score (nSPS) is 12.0. The molecule has 6 heteroatoms. The van der Waals surface area contributed by atoms with Crippen molar-refractivity contribution in [1.29, 1.82) is 0 Å². The van der Waals surface area contributed by atoms with E-state index in [0.29, 0.717) is 18.7 Å². The number of anilines is 1. The number of hydrogen-bond donors (Lipinski definition) is 2. The van der Waals surface area contributed by atoms with Crippen LogP contribution in [-0.4, -0.2) is 40.0 Å². The predicted molar refractivity (Wildman–Crippen MR) is 74.0 cm³/mol. The van der Waals surface area contributed by atoms with E-state index in [-0.39, 0.29) is 10.6 Å². The van der Waals surface area contributed by atoms with E-state index in [1.807, 2.05) is 18.9 Å². The molecule has 18 heavy (non-hydrogen) atoms. The minimum atomic E-state index is -3.53. The third-order valence-corrected chi connectivity index (χ3v) is 4.52. The monoisotopic (exact) mass is 271 g/mol. The summed E-state index contributed by atoms with van der Waals surface area (Å²) in [6.07, 6.45) is 0. The molecule has 0 radical (unpaired) electrons. The van der Waals surface area contributed by atoms with Crippen molar-refractivity contribution >= 4 is 15.7 Å². The van der Waals surface area contributed by atoms with E-state index >= 15 is 0 Å². The highest BCUT2D eigenvalue weighted by atomic mass is 32.2. The number of hydrogen-bond acceptors (Lipinski definition) is 4. The molecule has 0 spiro atoms. The zero-order valence-electron chi connectivity index (χ0n) is 11.1. The fraction of sp³-hybridized carbons (Fsp3) is 0.500. The van der Waals surface area contributed by atoms with E-state index in [0.717, 1.165) is 6.54 Å². The molecule has 1 aromatic carbocycles. The second-order valence-electron chi connectivity index (χ2n) is 4.29. The van der Waals surface area contributed by atoms with Crippen molar-refractivity contribution in [2.24, 2.45) is 0 Å². The van der Waals surface area contributed by atoms with Gasteiger partial charge in [-0.3, -0.25) is 0 Å². The lowest BCUT2D eigenvalue weighted by molar-refractivity contribution is 0.358. The average Bonchev–Trinajstić information content (AvgIpc) is 2.27. The topological polar surface area (TPSA) is 75.4 Å². The zero-order chi connectivity index (χ0) is 13.8. The molecule has 0 aliphatic carbocycles. The number of nitrogens with two attached hydrogens (primary N) is 1. The number of aryl methyl sites for hydroxylation is 1. The molecule has 0 unspecified atom stereocenters. The van der Waals surface area contributed by atoms with Crippen LogP contribution >= 0.6 is 0 Å². The molecule has 3 N–H and O–H groups in total. The van der Waals surface area contributed by atoms with Crippen molar-refractivity contribution in [2.45, 2.75) is 18.7 Å². The van der Waals surface area contributed by atoms with E-state index in [4.69, 9.17) is 5.73 Å². The van der Waals surface area contributed by atoms with Crippen molar-refractivity contribution in [3.05, 3.63) is 23.8 Å². The van der Waals surface area contributed by atoms with Crippen molar-refractivity contribution in [2.75, 3.05) is 32.4 Å². The highest BCUT2D eigenvalue weighted by Gasteiger charge is 2.19. The van der Waals surface area contributed by atoms with Gasteiger partial charge >= 0.3 is 0 Å². The van der Waals surface area contributed by atoms with Crippen molar-refractivity contribution < 1.29 is 8.42 Å². The van der Waals surface area contributed by atoms with Gasteiger partial charge in [-0.2, -0.15) is 0 Å². The summed E-state index contributed by atoms with van der Waals surface area (Å²) in [4.78, 5) is 2.22. The Kier molecular flexibility index (Phi) is 5.13. The Labute approximate surface area is 109 Å². The second kappa shape index (κ2) is 6.17. The van der Waals surface area contributed by atoms with Gasteiger partial charge in [0.25, 0.3) is 0 Å². The summed E-state index contributed by atoms with van der Waals surface area (Å²) in [6, 6.07) is 5.08. The number of likely N-dealkylation sites (N-methyl/N-ethyl adjacent to an activating group) is 1. The van der Waals surface area contributed by atoms with Crippen LogP contribution < -0.4 is 10.5 Å². The van der Waals surface area contributed by atoms with Gasteiger partial charge in [0.2, 0.25) is 10.0 Å². The van der Waals surface area contributed by atoms with Crippen LogP contribution in [0.1, 0.15) is 12.5 Å². The fourth-order valence-corrected chi connectivity index (χ4v) is 3.02. The smallest absolute Gasteiger partial charge is 0.242 e.